The molecule has 3 rings (SSSR count). The Bertz CT molecular complexity index is 1210. The van der Waals surface area contributed by atoms with E-state index >= 15 is 0 Å². The monoisotopic (exact) mass is 547 g/mol. The number of carbonyl (C=O) groups excluding carboxylic acids is 2. The van der Waals surface area contributed by atoms with E-state index in [1.807, 2.05) is 44.2 Å². The average molecular weight is 548 g/mol. The molecule has 1 aliphatic carbocycles. The van der Waals surface area contributed by atoms with Gasteiger partial charge >= 0.3 is 0 Å². The average Bonchev–Trinajstić information content (AvgIpc) is 3.35. The molecule has 2 amide bonds. The number of nitrogens with zero attached hydrogens (tertiary/aromatic N) is 2. The number of nitrogens with one attached hydrogen (secondary N) is 1. The van der Waals surface area contributed by atoms with Gasteiger partial charge in [0.1, 0.15) is 6.04 Å². The standard InChI is InChI=1S/C28H38ClN3O4S/c1-20-15-16-25(18-21(20)2)32(37(4,35)36)17-9-14-27(33)31(19-23-10-5-8-13-26(23)29)22(3)28(34)30-24-11-6-7-12-24/h5,8,10,13,15-16,18,22,24H,6-7,9,11-12,14,17,19H2,1-4H3,(H,30,34)/t22-/m0/s1. The van der Waals surface area contributed by atoms with Crippen LogP contribution in [0.25, 0.3) is 0 Å². The molecule has 0 unspecified atom stereocenters. The summed E-state index contributed by atoms with van der Waals surface area (Å²) in [5.41, 5.74) is 3.41. The minimum absolute atomic E-state index is 0.0996. The number of sulfonamides is 1. The number of amides is 2. The van der Waals surface area contributed by atoms with Gasteiger partial charge in [0.05, 0.1) is 11.9 Å². The van der Waals surface area contributed by atoms with E-state index in [2.05, 4.69) is 5.32 Å². The summed E-state index contributed by atoms with van der Waals surface area (Å²) in [5.74, 6) is -0.400. The van der Waals surface area contributed by atoms with Gasteiger partial charge in [-0.2, -0.15) is 0 Å². The summed E-state index contributed by atoms with van der Waals surface area (Å²) in [7, 11) is -3.54. The molecule has 0 heterocycles. The molecule has 2 aromatic carbocycles. The Morgan fingerprint density at radius 3 is 2.38 bits per heavy atom. The molecule has 0 aromatic heterocycles. The normalized spacial score (nSPS) is 14.8. The summed E-state index contributed by atoms with van der Waals surface area (Å²) >= 11 is 6.37. The fourth-order valence-electron chi connectivity index (χ4n) is 4.67. The summed E-state index contributed by atoms with van der Waals surface area (Å²) < 4.78 is 26.4. The third-order valence-electron chi connectivity index (χ3n) is 7.10. The van der Waals surface area contributed by atoms with Crippen LogP contribution < -0.4 is 9.62 Å². The predicted molar refractivity (Wildman–Crippen MR) is 149 cm³/mol. The van der Waals surface area contributed by atoms with Crippen LogP contribution in [0.5, 0.6) is 0 Å². The molecular weight excluding hydrogens is 510 g/mol. The maximum Gasteiger partial charge on any atom is 0.242 e. The first-order valence-electron chi connectivity index (χ1n) is 12.9. The van der Waals surface area contributed by atoms with E-state index in [-0.39, 0.29) is 37.4 Å². The first-order chi connectivity index (χ1) is 17.5. The Morgan fingerprint density at radius 2 is 1.76 bits per heavy atom. The summed E-state index contributed by atoms with van der Waals surface area (Å²) in [6.07, 6.45) is 5.69. The first-order valence-corrected chi connectivity index (χ1v) is 15.1. The van der Waals surface area contributed by atoms with Crippen LogP contribution >= 0.6 is 11.6 Å². The van der Waals surface area contributed by atoms with Crippen molar-refractivity contribution >= 4 is 39.1 Å². The topological polar surface area (TPSA) is 86.8 Å². The van der Waals surface area contributed by atoms with Crippen molar-refractivity contribution in [2.75, 3.05) is 17.1 Å². The van der Waals surface area contributed by atoms with Crippen molar-refractivity contribution in [1.29, 1.82) is 0 Å². The zero-order valence-corrected chi connectivity index (χ0v) is 23.7. The maximum atomic E-state index is 13.4. The van der Waals surface area contributed by atoms with Crippen molar-refractivity contribution in [3.05, 3.63) is 64.2 Å². The van der Waals surface area contributed by atoms with Crippen LogP contribution in [0.1, 0.15) is 62.1 Å². The minimum atomic E-state index is -3.54. The van der Waals surface area contributed by atoms with Gasteiger partial charge in [-0.3, -0.25) is 13.9 Å². The van der Waals surface area contributed by atoms with Crippen molar-refractivity contribution in [2.45, 2.75) is 77.9 Å². The SMILES string of the molecule is Cc1ccc(N(CCCC(=O)N(Cc2ccccc2Cl)[C@@H](C)C(=O)NC2CCCC2)S(C)(=O)=O)cc1C. The molecule has 0 spiro atoms. The van der Waals surface area contributed by atoms with Gasteiger partial charge < -0.3 is 10.2 Å². The molecule has 1 N–H and O–H groups in total. The Kier molecular flexibility index (Phi) is 10.0. The predicted octanol–water partition coefficient (Wildman–Crippen LogP) is 4.98. The van der Waals surface area contributed by atoms with Crippen molar-refractivity contribution in [3.8, 4) is 0 Å². The van der Waals surface area contributed by atoms with Gasteiger partial charge in [-0.15, -0.1) is 0 Å². The molecule has 7 nitrogen and oxygen atoms in total. The molecule has 1 saturated carbocycles. The second-order valence-corrected chi connectivity index (χ2v) is 12.3. The number of aryl methyl sites for hydroxylation is 2. The lowest BCUT2D eigenvalue weighted by molar-refractivity contribution is -0.140. The highest BCUT2D eigenvalue weighted by atomic mass is 35.5. The summed E-state index contributed by atoms with van der Waals surface area (Å²) in [6.45, 7) is 6.00. The van der Waals surface area contributed by atoms with Crippen molar-refractivity contribution in [1.82, 2.24) is 10.2 Å². The van der Waals surface area contributed by atoms with Crippen LogP contribution in [0.4, 0.5) is 5.69 Å². The highest BCUT2D eigenvalue weighted by Crippen LogP contribution is 2.24. The molecule has 37 heavy (non-hydrogen) atoms. The largest absolute Gasteiger partial charge is 0.352 e. The summed E-state index contributed by atoms with van der Waals surface area (Å²) in [4.78, 5) is 28.0. The van der Waals surface area contributed by atoms with E-state index in [9.17, 15) is 18.0 Å². The quantitative estimate of drug-likeness (QED) is 0.430. The molecule has 1 atom stereocenters. The molecule has 202 valence electrons. The van der Waals surface area contributed by atoms with Crippen LogP contribution in [0.3, 0.4) is 0 Å². The fourth-order valence-corrected chi connectivity index (χ4v) is 5.82. The number of hydrogen-bond donors (Lipinski definition) is 1. The Morgan fingerprint density at radius 1 is 1.08 bits per heavy atom. The third kappa shape index (κ3) is 7.95. The van der Waals surface area contributed by atoms with Crippen LogP contribution in [-0.4, -0.2) is 50.0 Å². The van der Waals surface area contributed by atoms with E-state index in [0.29, 0.717) is 17.1 Å². The van der Waals surface area contributed by atoms with Crippen molar-refractivity contribution in [2.24, 2.45) is 0 Å². The Hall–Kier alpha value is -2.58. The molecule has 0 aliphatic heterocycles. The molecule has 2 aromatic rings. The third-order valence-corrected chi connectivity index (χ3v) is 8.66. The van der Waals surface area contributed by atoms with Gasteiger partial charge in [-0.1, -0.05) is 48.7 Å². The number of halogens is 1. The van der Waals surface area contributed by atoms with E-state index in [1.165, 1.54) is 10.6 Å². The fraction of sp³-hybridized carbons (Fsp3) is 0.500. The van der Waals surface area contributed by atoms with Crippen LogP contribution in [-0.2, 0) is 26.2 Å². The highest BCUT2D eigenvalue weighted by Gasteiger charge is 2.29. The molecular formula is C28H38ClN3O4S. The zero-order valence-electron chi connectivity index (χ0n) is 22.2. The van der Waals surface area contributed by atoms with Gasteiger partial charge in [0, 0.05) is 30.6 Å². The summed E-state index contributed by atoms with van der Waals surface area (Å²) in [5, 5.41) is 3.62. The van der Waals surface area contributed by atoms with Gasteiger partial charge in [-0.25, -0.2) is 8.42 Å². The van der Waals surface area contributed by atoms with E-state index < -0.39 is 16.1 Å². The lowest BCUT2D eigenvalue weighted by atomic mass is 10.1. The molecule has 1 fully saturated rings. The Balaban J connectivity index is 1.73. The number of anilines is 1. The van der Waals surface area contributed by atoms with Gasteiger partial charge in [0.15, 0.2) is 0 Å². The Labute approximate surface area is 226 Å². The van der Waals surface area contributed by atoms with Crippen LogP contribution in [0.2, 0.25) is 5.02 Å². The lowest BCUT2D eigenvalue weighted by Gasteiger charge is -2.30. The van der Waals surface area contributed by atoms with Crippen LogP contribution in [0.15, 0.2) is 42.5 Å². The molecule has 0 saturated heterocycles. The number of rotatable bonds is 11. The smallest absolute Gasteiger partial charge is 0.242 e. The molecule has 0 bridgehead atoms. The van der Waals surface area contributed by atoms with Crippen molar-refractivity contribution < 1.29 is 18.0 Å². The lowest BCUT2D eigenvalue weighted by Crippen LogP contribution is -2.49. The van der Waals surface area contributed by atoms with Gasteiger partial charge in [-0.05, 0) is 74.9 Å². The first kappa shape index (κ1) is 29.0. The van der Waals surface area contributed by atoms with E-state index in [4.69, 9.17) is 11.6 Å². The maximum absolute atomic E-state index is 13.4. The van der Waals surface area contributed by atoms with Gasteiger partial charge in [0.25, 0.3) is 0 Å². The zero-order chi connectivity index (χ0) is 27.2. The molecule has 9 heteroatoms. The number of hydrogen-bond acceptors (Lipinski definition) is 4. The van der Waals surface area contributed by atoms with E-state index in [1.54, 1.807) is 24.0 Å². The van der Waals surface area contributed by atoms with Gasteiger partial charge in [0.2, 0.25) is 21.8 Å². The number of carbonyl (C=O) groups is 2. The summed E-state index contributed by atoms with van der Waals surface area (Å²) in [6, 6.07) is 12.3. The molecule has 1 aliphatic rings. The van der Waals surface area contributed by atoms with E-state index in [0.717, 1.165) is 42.4 Å². The highest BCUT2D eigenvalue weighted by molar-refractivity contribution is 7.92. The van der Waals surface area contributed by atoms with Crippen LogP contribution in [0, 0.1) is 13.8 Å². The van der Waals surface area contributed by atoms with Crippen molar-refractivity contribution in [3.63, 3.8) is 0 Å². The second-order valence-electron chi connectivity index (χ2n) is 9.99. The number of benzene rings is 2. The molecule has 0 radical (unpaired) electrons. The second kappa shape index (κ2) is 12.8. The minimum Gasteiger partial charge on any atom is -0.352 e.